The van der Waals surface area contributed by atoms with Gasteiger partial charge in [-0.05, 0) is 55.2 Å². The minimum absolute atomic E-state index is 0.0326. The van der Waals surface area contributed by atoms with Crippen LogP contribution < -0.4 is 4.90 Å². The van der Waals surface area contributed by atoms with Gasteiger partial charge in [-0.15, -0.1) is 11.3 Å². The number of carbonyl (C=O) groups excluding carboxylic acids is 1. The Morgan fingerprint density at radius 3 is 2.65 bits per heavy atom. The fourth-order valence-corrected chi connectivity index (χ4v) is 6.25. The predicted octanol–water partition coefficient (Wildman–Crippen LogP) is 4.71. The topological polar surface area (TPSA) is 62.5 Å². The number of aromatic nitrogens is 2. The van der Waals surface area contributed by atoms with Crippen LogP contribution in [-0.2, 0) is 12.8 Å². The first-order valence-corrected chi connectivity index (χ1v) is 12.0. The Morgan fingerprint density at radius 2 is 1.97 bits per heavy atom. The molecule has 5 rings (SSSR count). The minimum atomic E-state index is -0.0326. The number of piperazine rings is 1. The summed E-state index contributed by atoms with van der Waals surface area (Å²) in [6.45, 7) is 11.9. The molecule has 1 amide bonds. The zero-order valence-electron chi connectivity index (χ0n) is 18.8. The van der Waals surface area contributed by atoms with E-state index >= 15 is 0 Å². The van der Waals surface area contributed by atoms with E-state index in [9.17, 15) is 4.79 Å². The summed E-state index contributed by atoms with van der Waals surface area (Å²) in [4.78, 5) is 29.1. The highest BCUT2D eigenvalue weighted by Crippen LogP contribution is 2.45. The van der Waals surface area contributed by atoms with Crippen LogP contribution in [0.4, 0.5) is 5.82 Å². The molecule has 1 unspecified atom stereocenters. The van der Waals surface area contributed by atoms with Crippen molar-refractivity contribution in [2.24, 2.45) is 11.3 Å². The molecule has 4 heterocycles. The molecular weight excluding hydrogens is 408 g/mol. The molecule has 6 nitrogen and oxygen atoms in total. The zero-order chi connectivity index (χ0) is 21.8. The van der Waals surface area contributed by atoms with E-state index in [0.29, 0.717) is 30.2 Å². The van der Waals surface area contributed by atoms with Crippen molar-refractivity contribution in [3.8, 4) is 0 Å². The number of hydrogen-bond donors (Lipinski definition) is 0. The highest BCUT2D eigenvalue weighted by molar-refractivity contribution is 7.19. The van der Waals surface area contributed by atoms with Gasteiger partial charge in [0.05, 0.1) is 11.6 Å². The highest BCUT2D eigenvalue weighted by atomic mass is 32.1. The highest BCUT2D eigenvalue weighted by Gasteiger charge is 2.33. The van der Waals surface area contributed by atoms with E-state index < -0.39 is 0 Å². The third kappa shape index (κ3) is 3.73. The lowest BCUT2D eigenvalue weighted by Crippen LogP contribution is -2.49. The molecule has 7 heteroatoms. The van der Waals surface area contributed by atoms with Crippen molar-refractivity contribution in [1.82, 2.24) is 14.9 Å². The van der Waals surface area contributed by atoms with Gasteiger partial charge in [0.25, 0.3) is 5.91 Å². The smallest absolute Gasteiger partial charge is 0.289 e. The average Bonchev–Trinajstić information content (AvgIpc) is 3.39. The van der Waals surface area contributed by atoms with E-state index in [1.165, 1.54) is 22.2 Å². The van der Waals surface area contributed by atoms with E-state index in [0.717, 1.165) is 42.4 Å². The van der Waals surface area contributed by atoms with Crippen molar-refractivity contribution in [2.45, 2.75) is 47.0 Å². The molecule has 0 spiro atoms. The molecule has 164 valence electrons. The van der Waals surface area contributed by atoms with Gasteiger partial charge in [-0.3, -0.25) is 4.79 Å². The maximum absolute atomic E-state index is 12.6. The number of thiophene rings is 1. The molecule has 1 aliphatic heterocycles. The second-order valence-corrected chi connectivity index (χ2v) is 10.9. The Kier molecular flexibility index (Phi) is 5.04. The standard InChI is InChI=1S/C24H30N4O2S/c1-15-25-21(27-9-11-28(12-10-27)23(29)18-6-5-13-30-18)20-17-8-7-16(24(2,3)4)14-19(17)31-22(20)26-15/h5-6,13,16H,7-12,14H2,1-4H3. The lowest BCUT2D eigenvalue weighted by Gasteiger charge is -2.36. The number of rotatable bonds is 2. The molecule has 2 aliphatic rings. The fraction of sp³-hybridized carbons (Fsp3) is 0.542. The van der Waals surface area contributed by atoms with Gasteiger partial charge in [-0.2, -0.15) is 0 Å². The Labute approximate surface area is 187 Å². The van der Waals surface area contributed by atoms with Crippen molar-refractivity contribution >= 4 is 33.3 Å². The molecule has 3 aromatic rings. The molecule has 1 atom stereocenters. The molecular formula is C24H30N4O2S. The van der Waals surface area contributed by atoms with Crippen LogP contribution >= 0.6 is 11.3 Å². The summed E-state index contributed by atoms with van der Waals surface area (Å²) in [5.74, 6) is 2.97. The first-order chi connectivity index (χ1) is 14.8. The SMILES string of the molecule is Cc1nc(N2CCN(C(=O)c3ccco3)CC2)c2c3c(sc2n1)CC(C(C)(C)C)CC3. The summed E-state index contributed by atoms with van der Waals surface area (Å²) in [6, 6.07) is 3.49. The van der Waals surface area contributed by atoms with Crippen LogP contribution in [0.15, 0.2) is 22.8 Å². The summed E-state index contributed by atoms with van der Waals surface area (Å²) < 4.78 is 5.29. The second kappa shape index (κ2) is 7.62. The number of aryl methyl sites for hydroxylation is 2. The van der Waals surface area contributed by atoms with Crippen molar-refractivity contribution in [3.05, 3.63) is 40.4 Å². The zero-order valence-corrected chi connectivity index (χ0v) is 19.6. The number of furan rings is 1. The van der Waals surface area contributed by atoms with Gasteiger partial charge in [0.2, 0.25) is 0 Å². The van der Waals surface area contributed by atoms with Crippen LogP contribution in [0.2, 0.25) is 0 Å². The Hall–Kier alpha value is -2.41. The average molecular weight is 439 g/mol. The molecule has 3 aromatic heterocycles. The number of fused-ring (bicyclic) bond motifs is 3. The number of nitrogens with zero attached hydrogens (tertiary/aromatic N) is 4. The van der Waals surface area contributed by atoms with Gasteiger partial charge >= 0.3 is 0 Å². The first kappa shape index (κ1) is 20.5. The molecule has 0 radical (unpaired) electrons. The maximum Gasteiger partial charge on any atom is 0.289 e. The van der Waals surface area contributed by atoms with Gasteiger partial charge < -0.3 is 14.2 Å². The van der Waals surface area contributed by atoms with E-state index in [1.54, 1.807) is 18.4 Å². The quantitative estimate of drug-likeness (QED) is 0.580. The summed E-state index contributed by atoms with van der Waals surface area (Å²) in [5, 5.41) is 1.25. The molecule has 1 fully saturated rings. The van der Waals surface area contributed by atoms with Crippen LogP contribution in [0.25, 0.3) is 10.2 Å². The molecule has 0 aromatic carbocycles. The predicted molar refractivity (Wildman–Crippen MR) is 124 cm³/mol. The van der Waals surface area contributed by atoms with Gasteiger partial charge in [0.1, 0.15) is 16.5 Å². The normalized spacial score (nSPS) is 19.7. The molecule has 1 aliphatic carbocycles. The van der Waals surface area contributed by atoms with Gasteiger partial charge in [0, 0.05) is 31.1 Å². The largest absolute Gasteiger partial charge is 0.459 e. The van der Waals surface area contributed by atoms with E-state index in [2.05, 4.69) is 25.7 Å². The van der Waals surface area contributed by atoms with Crippen LogP contribution in [0.3, 0.4) is 0 Å². The number of anilines is 1. The lowest BCUT2D eigenvalue weighted by atomic mass is 9.72. The monoisotopic (exact) mass is 438 g/mol. The van der Waals surface area contributed by atoms with Gasteiger partial charge in [-0.25, -0.2) is 9.97 Å². The Balaban J connectivity index is 1.42. The third-order valence-corrected chi connectivity index (χ3v) is 7.97. The summed E-state index contributed by atoms with van der Waals surface area (Å²) >= 11 is 1.86. The molecule has 0 saturated carbocycles. The lowest BCUT2D eigenvalue weighted by molar-refractivity contribution is 0.0714. The minimum Gasteiger partial charge on any atom is -0.459 e. The molecule has 31 heavy (non-hydrogen) atoms. The number of amides is 1. The number of carbonyl (C=O) groups is 1. The van der Waals surface area contributed by atoms with E-state index in [1.807, 2.05) is 23.2 Å². The van der Waals surface area contributed by atoms with Crippen LogP contribution in [-0.4, -0.2) is 47.0 Å². The van der Waals surface area contributed by atoms with Crippen LogP contribution in [0.1, 0.15) is 54.0 Å². The Morgan fingerprint density at radius 1 is 1.19 bits per heavy atom. The van der Waals surface area contributed by atoms with Crippen molar-refractivity contribution < 1.29 is 9.21 Å². The van der Waals surface area contributed by atoms with Crippen molar-refractivity contribution in [2.75, 3.05) is 31.1 Å². The number of hydrogen-bond acceptors (Lipinski definition) is 6. The summed E-state index contributed by atoms with van der Waals surface area (Å²) in [7, 11) is 0. The summed E-state index contributed by atoms with van der Waals surface area (Å²) in [6.07, 6.45) is 5.02. The van der Waals surface area contributed by atoms with E-state index in [4.69, 9.17) is 14.4 Å². The summed E-state index contributed by atoms with van der Waals surface area (Å²) in [5.41, 5.74) is 1.79. The van der Waals surface area contributed by atoms with Crippen molar-refractivity contribution in [1.29, 1.82) is 0 Å². The van der Waals surface area contributed by atoms with Gasteiger partial charge in [0.15, 0.2) is 5.76 Å². The molecule has 1 saturated heterocycles. The molecule has 0 bridgehead atoms. The third-order valence-electron chi connectivity index (χ3n) is 6.82. The van der Waals surface area contributed by atoms with Crippen LogP contribution in [0.5, 0.6) is 0 Å². The van der Waals surface area contributed by atoms with E-state index in [-0.39, 0.29) is 5.91 Å². The second-order valence-electron chi connectivity index (χ2n) is 9.84. The first-order valence-electron chi connectivity index (χ1n) is 11.2. The van der Waals surface area contributed by atoms with Crippen LogP contribution in [0, 0.1) is 18.3 Å². The Bertz CT molecular complexity index is 1100. The van der Waals surface area contributed by atoms with Gasteiger partial charge in [-0.1, -0.05) is 20.8 Å². The maximum atomic E-state index is 12.6. The molecule has 0 N–H and O–H groups in total. The van der Waals surface area contributed by atoms with Crippen molar-refractivity contribution in [3.63, 3.8) is 0 Å². The fourth-order valence-electron chi connectivity index (χ4n) is 4.91.